The van der Waals surface area contributed by atoms with Crippen LogP contribution in [0.5, 0.6) is 0 Å². The lowest BCUT2D eigenvalue weighted by atomic mass is 10.2. The molecule has 0 saturated heterocycles. The standard InChI is InChI=1S/C10H11N3O3S/c1-8-2-4-10(5-3-8)17(15,16)13-7-9(14)6-12-11/h2-6,13H,7H2,1H3/p+1/b9-6+. The van der Waals surface area contributed by atoms with Gasteiger partial charge in [0.1, 0.15) is 0 Å². The van der Waals surface area contributed by atoms with E-state index in [1.165, 1.54) is 12.1 Å². The Balaban J connectivity index is 2.80. The van der Waals surface area contributed by atoms with Crippen molar-refractivity contribution in [1.82, 2.24) is 4.72 Å². The molecule has 0 aliphatic carbocycles. The molecule has 90 valence electrons. The van der Waals surface area contributed by atoms with Gasteiger partial charge in [0.2, 0.25) is 15.4 Å². The highest BCUT2D eigenvalue weighted by Gasteiger charge is 2.14. The molecule has 1 aromatic rings. The maximum atomic E-state index is 11.7. The SMILES string of the molecule is Cc1ccc(S(=O)(=O)NC/C(O)=C\[N+]#N)cc1. The van der Waals surface area contributed by atoms with E-state index in [2.05, 4.69) is 9.70 Å². The van der Waals surface area contributed by atoms with Crippen molar-refractivity contribution in [3.05, 3.63) is 46.8 Å². The maximum absolute atomic E-state index is 11.7. The van der Waals surface area contributed by atoms with Crippen LogP contribution in [0, 0.1) is 12.3 Å². The first-order valence-corrected chi connectivity index (χ1v) is 6.22. The Bertz CT molecular complexity index is 555. The molecule has 0 heterocycles. The minimum Gasteiger partial charge on any atom is -0.504 e. The zero-order valence-corrected chi connectivity index (χ0v) is 9.98. The van der Waals surface area contributed by atoms with Gasteiger partial charge in [0.05, 0.1) is 11.4 Å². The Morgan fingerprint density at radius 2 is 2.06 bits per heavy atom. The van der Waals surface area contributed by atoms with Crippen LogP contribution in [0.2, 0.25) is 0 Å². The molecule has 1 rings (SSSR count). The molecule has 0 unspecified atom stereocenters. The number of aliphatic hydroxyl groups is 1. The topological polar surface area (TPSA) is 94.6 Å². The van der Waals surface area contributed by atoms with Gasteiger partial charge in [-0.05, 0) is 19.1 Å². The monoisotopic (exact) mass is 254 g/mol. The molecule has 0 aliphatic heterocycles. The van der Waals surface area contributed by atoms with Crippen LogP contribution in [0.25, 0.3) is 4.98 Å². The zero-order chi connectivity index (χ0) is 12.9. The summed E-state index contributed by atoms with van der Waals surface area (Å²) in [4.78, 5) is 2.68. The largest absolute Gasteiger partial charge is 0.504 e. The van der Waals surface area contributed by atoms with Gasteiger partial charge in [0, 0.05) is 0 Å². The molecule has 0 aliphatic rings. The summed E-state index contributed by atoms with van der Waals surface area (Å²) >= 11 is 0. The van der Waals surface area contributed by atoms with Crippen molar-refractivity contribution in [2.45, 2.75) is 11.8 Å². The van der Waals surface area contributed by atoms with Crippen molar-refractivity contribution in [3.8, 4) is 0 Å². The number of aliphatic hydroxyl groups excluding tert-OH is 1. The van der Waals surface area contributed by atoms with Crippen LogP contribution in [0.15, 0.2) is 41.1 Å². The number of sulfonamides is 1. The van der Waals surface area contributed by atoms with Crippen LogP contribution >= 0.6 is 0 Å². The summed E-state index contributed by atoms with van der Waals surface area (Å²) < 4.78 is 25.6. The number of nitrogens with one attached hydrogen (secondary N) is 1. The molecule has 0 saturated carbocycles. The first-order chi connectivity index (χ1) is 7.95. The molecule has 0 fully saturated rings. The summed E-state index contributed by atoms with van der Waals surface area (Å²) in [6.07, 6.45) is 0.748. The molecule has 6 nitrogen and oxygen atoms in total. The quantitative estimate of drug-likeness (QED) is 0.629. The van der Waals surface area contributed by atoms with Gasteiger partial charge in [0.25, 0.3) is 0 Å². The predicted molar refractivity (Wildman–Crippen MR) is 62.2 cm³/mol. The van der Waals surface area contributed by atoms with Crippen molar-refractivity contribution in [3.63, 3.8) is 0 Å². The molecule has 7 heteroatoms. The lowest BCUT2D eigenvalue weighted by Gasteiger charge is -2.05. The van der Waals surface area contributed by atoms with Crippen LogP contribution in [0.4, 0.5) is 0 Å². The first kappa shape index (κ1) is 13.2. The molecular weight excluding hydrogens is 242 g/mol. The molecule has 2 N–H and O–H groups in total. The van der Waals surface area contributed by atoms with E-state index in [1.54, 1.807) is 12.1 Å². The van der Waals surface area contributed by atoms with Crippen molar-refractivity contribution in [2.24, 2.45) is 0 Å². The molecule has 17 heavy (non-hydrogen) atoms. The predicted octanol–water partition coefficient (Wildman–Crippen LogP) is 1.53. The van der Waals surface area contributed by atoms with Gasteiger partial charge in [-0.2, -0.15) is 0 Å². The minimum atomic E-state index is -3.66. The van der Waals surface area contributed by atoms with Crippen LogP contribution in [-0.4, -0.2) is 20.1 Å². The third-order valence-corrected chi connectivity index (χ3v) is 3.40. The fraction of sp³-hybridized carbons (Fsp3) is 0.200. The molecule has 1 aromatic carbocycles. The van der Waals surface area contributed by atoms with Crippen LogP contribution in [0.3, 0.4) is 0 Å². The van der Waals surface area contributed by atoms with Crippen molar-refractivity contribution < 1.29 is 13.5 Å². The highest BCUT2D eigenvalue weighted by molar-refractivity contribution is 7.89. The highest BCUT2D eigenvalue weighted by atomic mass is 32.2. The average molecular weight is 254 g/mol. The molecule has 0 aromatic heterocycles. The molecule has 0 amide bonds. The fourth-order valence-corrected chi connectivity index (χ4v) is 2.08. The van der Waals surface area contributed by atoms with Crippen LogP contribution in [0.1, 0.15) is 5.56 Å². The van der Waals surface area contributed by atoms with Gasteiger partial charge in [-0.1, -0.05) is 17.7 Å². The summed E-state index contributed by atoms with van der Waals surface area (Å²) in [6, 6.07) is 6.28. The van der Waals surface area contributed by atoms with Crippen LogP contribution in [-0.2, 0) is 10.0 Å². The van der Waals surface area contributed by atoms with Crippen molar-refractivity contribution in [2.75, 3.05) is 6.54 Å². The van der Waals surface area contributed by atoms with Crippen molar-refractivity contribution in [1.29, 1.82) is 5.39 Å². The Labute approximate surface area is 99.3 Å². The first-order valence-electron chi connectivity index (χ1n) is 4.74. The lowest BCUT2D eigenvalue weighted by molar-refractivity contribution is 0.397. The van der Waals surface area contributed by atoms with E-state index >= 15 is 0 Å². The number of hydrogen-bond donors (Lipinski definition) is 2. The molecule has 0 radical (unpaired) electrons. The number of aryl methyl sites for hydroxylation is 1. The minimum absolute atomic E-state index is 0.108. The van der Waals surface area contributed by atoms with E-state index in [1.807, 2.05) is 6.92 Å². The smallest absolute Gasteiger partial charge is 0.388 e. The Morgan fingerprint density at radius 1 is 1.47 bits per heavy atom. The summed E-state index contributed by atoms with van der Waals surface area (Å²) in [5, 5.41) is 17.2. The average Bonchev–Trinajstić information content (AvgIpc) is 2.28. The number of benzene rings is 1. The van der Waals surface area contributed by atoms with E-state index in [0.29, 0.717) is 0 Å². The molecule has 0 spiro atoms. The number of hydrogen-bond acceptors (Lipinski definition) is 4. The second-order valence-electron chi connectivity index (χ2n) is 3.37. The van der Waals surface area contributed by atoms with Crippen LogP contribution < -0.4 is 4.72 Å². The van der Waals surface area contributed by atoms with E-state index in [0.717, 1.165) is 11.8 Å². The second-order valence-corrected chi connectivity index (χ2v) is 5.14. The van der Waals surface area contributed by atoms with Gasteiger partial charge in [0.15, 0.2) is 10.7 Å². The molecular formula is C10H12N3O3S+. The fourth-order valence-electron chi connectivity index (χ4n) is 1.08. The lowest BCUT2D eigenvalue weighted by Crippen LogP contribution is -2.25. The third-order valence-electron chi connectivity index (χ3n) is 1.98. The normalized spacial score (nSPS) is 12.1. The summed E-state index contributed by atoms with van der Waals surface area (Å²) in [5.74, 6) is -0.386. The second kappa shape index (κ2) is 5.43. The van der Waals surface area contributed by atoms with Gasteiger partial charge < -0.3 is 5.11 Å². The summed E-state index contributed by atoms with van der Waals surface area (Å²) in [6.45, 7) is 1.52. The molecule has 0 atom stereocenters. The third kappa shape index (κ3) is 3.86. The Kier molecular flexibility index (Phi) is 4.20. The number of nitrogens with zero attached hydrogens (tertiary/aromatic N) is 2. The molecule has 0 bridgehead atoms. The number of diazo groups is 1. The van der Waals surface area contributed by atoms with E-state index in [9.17, 15) is 8.42 Å². The van der Waals surface area contributed by atoms with Gasteiger partial charge >= 0.3 is 6.20 Å². The van der Waals surface area contributed by atoms with Crippen molar-refractivity contribution >= 4 is 10.0 Å². The van der Waals surface area contributed by atoms with E-state index in [-0.39, 0.29) is 17.2 Å². The van der Waals surface area contributed by atoms with Gasteiger partial charge in [-0.25, -0.2) is 13.1 Å². The van der Waals surface area contributed by atoms with Gasteiger partial charge in [-0.3, -0.25) is 0 Å². The Hall–Kier alpha value is -1.91. The Morgan fingerprint density at radius 3 is 2.59 bits per heavy atom. The van der Waals surface area contributed by atoms with E-state index < -0.39 is 10.0 Å². The summed E-state index contributed by atoms with van der Waals surface area (Å²) in [7, 11) is -3.66. The number of rotatable bonds is 4. The van der Waals surface area contributed by atoms with E-state index in [4.69, 9.17) is 10.5 Å². The maximum Gasteiger partial charge on any atom is 0.388 e. The zero-order valence-electron chi connectivity index (χ0n) is 9.16. The van der Waals surface area contributed by atoms with Gasteiger partial charge in [-0.15, -0.1) is 0 Å². The highest BCUT2D eigenvalue weighted by Crippen LogP contribution is 2.09. The summed E-state index contributed by atoms with van der Waals surface area (Å²) in [5.41, 5.74) is 0.950.